The molecule has 108 valence electrons. The average molecular weight is 302 g/mol. The summed E-state index contributed by atoms with van der Waals surface area (Å²) >= 11 is 0. The van der Waals surface area contributed by atoms with E-state index in [0.29, 0.717) is 17.0 Å². The van der Waals surface area contributed by atoms with E-state index in [2.05, 4.69) is 4.72 Å². The van der Waals surface area contributed by atoms with Crippen molar-refractivity contribution in [2.75, 3.05) is 11.3 Å². The number of nitrogens with one attached hydrogen (secondary N) is 1. The van der Waals surface area contributed by atoms with Gasteiger partial charge in [-0.2, -0.15) is 5.26 Å². The molecule has 0 unspecified atom stereocenters. The van der Waals surface area contributed by atoms with Crippen LogP contribution in [0, 0.1) is 18.3 Å². The van der Waals surface area contributed by atoms with Gasteiger partial charge in [0.15, 0.2) is 6.61 Å². The Morgan fingerprint density at radius 3 is 2.52 bits per heavy atom. The number of para-hydroxylation sites is 2. The van der Waals surface area contributed by atoms with E-state index in [1.807, 2.05) is 6.07 Å². The fourth-order valence-electron chi connectivity index (χ4n) is 1.84. The van der Waals surface area contributed by atoms with Gasteiger partial charge in [-0.25, -0.2) is 8.42 Å². The Balaban J connectivity index is 2.34. The Morgan fingerprint density at radius 2 is 1.81 bits per heavy atom. The topological polar surface area (TPSA) is 79.2 Å². The zero-order chi connectivity index (χ0) is 15.3. The summed E-state index contributed by atoms with van der Waals surface area (Å²) in [5.41, 5.74) is 0.955. The highest BCUT2D eigenvalue weighted by Gasteiger charge is 2.18. The lowest BCUT2D eigenvalue weighted by atomic mass is 10.2. The van der Waals surface area contributed by atoms with Crippen LogP contribution in [0.5, 0.6) is 5.75 Å². The number of sulfonamides is 1. The minimum Gasteiger partial charge on any atom is -0.477 e. The van der Waals surface area contributed by atoms with Gasteiger partial charge in [0.25, 0.3) is 10.0 Å². The predicted octanol–water partition coefficient (Wildman–Crippen LogP) is 2.70. The van der Waals surface area contributed by atoms with Crippen molar-refractivity contribution in [1.82, 2.24) is 0 Å². The highest BCUT2D eigenvalue weighted by Crippen LogP contribution is 2.27. The van der Waals surface area contributed by atoms with Crippen molar-refractivity contribution >= 4 is 15.7 Å². The first-order valence-corrected chi connectivity index (χ1v) is 7.70. The molecule has 0 aliphatic carbocycles. The lowest BCUT2D eigenvalue weighted by Gasteiger charge is -2.13. The van der Waals surface area contributed by atoms with Crippen molar-refractivity contribution < 1.29 is 13.2 Å². The van der Waals surface area contributed by atoms with Gasteiger partial charge in [0.2, 0.25) is 0 Å². The number of hydrogen-bond acceptors (Lipinski definition) is 4. The van der Waals surface area contributed by atoms with Gasteiger partial charge in [-0.15, -0.1) is 0 Å². The Bertz CT molecular complexity index is 780. The van der Waals surface area contributed by atoms with Crippen molar-refractivity contribution in [3.63, 3.8) is 0 Å². The third kappa shape index (κ3) is 3.52. The number of nitriles is 1. The van der Waals surface area contributed by atoms with E-state index in [1.54, 1.807) is 49.4 Å². The molecule has 0 aliphatic rings. The van der Waals surface area contributed by atoms with Crippen LogP contribution in [0.3, 0.4) is 0 Å². The summed E-state index contributed by atoms with van der Waals surface area (Å²) in [5, 5.41) is 8.55. The molecule has 21 heavy (non-hydrogen) atoms. The van der Waals surface area contributed by atoms with Gasteiger partial charge in [-0.3, -0.25) is 4.72 Å². The first-order chi connectivity index (χ1) is 10.0. The standard InChI is InChI=1S/C15H14N2O3S/c1-12-6-2-5-9-15(12)21(18,19)17-13-7-3-4-8-14(13)20-11-10-16/h2-9,17H,11H2,1H3. The van der Waals surface area contributed by atoms with Crippen molar-refractivity contribution in [2.24, 2.45) is 0 Å². The number of ether oxygens (including phenoxy) is 1. The van der Waals surface area contributed by atoms with Crippen LogP contribution in [-0.4, -0.2) is 15.0 Å². The number of anilines is 1. The summed E-state index contributed by atoms with van der Waals surface area (Å²) in [6, 6.07) is 15.1. The molecule has 2 aromatic rings. The van der Waals surface area contributed by atoms with Crippen LogP contribution in [0.25, 0.3) is 0 Å². The Labute approximate surface area is 123 Å². The van der Waals surface area contributed by atoms with Gasteiger partial charge in [-0.1, -0.05) is 30.3 Å². The maximum absolute atomic E-state index is 12.4. The fraction of sp³-hybridized carbons (Fsp3) is 0.133. The molecule has 0 amide bonds. The molecule has 5 nitrogen and oxygen atoms in total. The lowest BCUT2D eigenvalue weighted by molar-refractivity contribution is 0.370. The second-order valence-corrected chi connectivity index (χ2v) is 5.96. The number of rotatable bonds is 5. The molecule has 0 aromatic heterocycles. The van der Waals surface area contributed by atoms with Gasteiger partial charge < -0.3 is 4.74 Å². The number of benzene rings is 2. The van der Waals surface area contributed by atoms with Crippen LogP contribution >= 0.6 is 0 Å². The number of hydrogen-bond donors (Lipinski definition) is 1. The minimum absolute atomic E-state index is 0.150. The van der Waals surface area contributed by atoms with Gasteiger partial charge in [0.05, 0.1) is 10.6 Å². The van der Waals surface area contributed by atoms with Gasteiger partial charge in [0.1, 0.15) is 11.8 Å². The molecule has 2 rings (SSSR count). The van der Waals surface area contributed by atoms with E-state index in [-0.39, 0.29) is 11.5 Å². The first-order valence-electron chi connectivity index (χ1n) is 6.22. The third-order valence-electron chi connectivity index (χ3n) is 2.81. The number of nitrogens with zero attached hydrogens (tertiary/aromatic N) is 1. The van der Waals surface area contributed by atoms with E-state index in [0.717, 1.165) is 0 Å². The van der Waals surface area contributed by atoms with E-state index < -0.39 is 10.0 Å². The molecule has 0 atom stereocenters. The van der Waals surface area contributed by atoms with Gasteiger partial charge in [0, 0.05) is 0 Å². The van der Waals surface area contributed by atoms with Crippen molar-refractivity contribution in [3.8, 4) is 11.8 Å². The molecular weight excluding hydrogens is 288 g/mol. The minimum atomic E-state index is -3.70. The van der Waals surface area contributed by atoms with Crippen molar-refractivity contribution in [3.05, 3.63) is 54.1 Å². The Kier molecular flexibility index (Phi) is 4.45. The number of aryl methyl sites for hydroxylation is 1. The summed E-state index contributed by atoms with van der Waals surface area (Å²) in [7, 11) is -3.70. The molecule has 0 radical (unpaired) electrons. The summed E-state index contributed by atoms with van der Waals surface area (Å²) in [6.45, 7) is 1.58. The molecule has 6 heteroatoms. The molecule has 0 heterocycles. The maximum Gasteiger partial charge on any atom is 0.262 e. The molecule has 0 saturated carbocycles. The van der Waals surface area contributed by atoms with Gasteiger partial charge in [-0.05, 0) is 30.7 Å². The first kappa shape index (κ1) is 14.9. The molecule has 0 bridgehead atoms. The SMILES string of the molecule is Cc1ccccc1S(=O)(=O)Nc1ccccc1OCC#N. The molecule has 0 saturated heterocycles. The Hall–Kier alpha value is -2.52. The molecule has 0 aliphatic heterocycles. The largest absolute Gasteiger partial charge is 0.477 e. The highest BCUT2D eigenvalue weighted by atomic mass is 32.2. The second-order valence-electron chi connectivity index (χ2n) is 4.31. The molecule has 2 aromatic carbocycles. The normalized spacial score (nSPS) is 10.7. The quantitative estimate of drug-likeness (QED) is 0.921. The van der Waals surface area contributed by atoms with Crippen LogP contribution < -0.4 is 9.46 Å². The van der Waals surface area contributed by atoms with E-state index in [1.165, 1.54) is 6.07 Å². The van der Waals surface area contributed by atoms with E-state index in [9.17, 15) is 8.42 Å². The van der Waals surface area contributed by atoms with E-state index in [4.69, 9.17) is 10.00 Å². The molecular formula is C15H14N2O3S. The second kappa shape index (κ2) is 6.29. The van der Waals surface area contributed by atoms with Crippen LogP contribution in [0.4, 0.5) is 5.69 Å². The summed E-state index contributed by atoms with van der Waals surface area (Å²) in [6.07, 6.45) is 0. The summed E-state index contributed by atoms with van der Waals surface area (Å²) < 4.78 is 32.5. The Morgan fingerprint density at radius 1 is 1.14 bits per heavy atom. The molecule has 1 N–H and O–H groups in total. The zero-order valence-corrected chi connectivity index (χ0v) is 12.2. The van der Waals surface area contributed by atoms with E-state index >= 15 is 0 Å². The lowest BCUT2D eigenvalue weighted by Crippen LogP contribution is -2.15. The predicted molar refractivity (Wildman–Crippen MR) is 79.5 cm³/mol. The van der Waals surface area contributed by atoms with Crippen LogP contribution in [0.1, 0.15) is 5.56 Å². The zero-order valence-electron chi connectivity index (χ0n) is 11.4. The highest BCUT2D eigenvalue weighted by molar-refractivity contribution is 7.92. The van der Waals surface area contributed by atoms with Crippen molar-refractivity contribution in [2.45, 2.75) is 11.8 Å². The maximum atomic E-state index is 12.4. The molecule has 0 spiro atoms. The smallest absolute Gasteiger partial charge is 0.262 e. The van der Waals surface area contributed by atoms with Crippen LogP contribution in [0.2, 0.25) is 0 Å². The van der Waals surface area contributed by atoms with Gasteiger partial charge >= 0.3 is 0 Å². The summed E-state index contributed by atoms with van der Waals surface area (Å²) in [4.78, 5) is 0.208. The summed E-state index contributed by atoms with van der Waals surface area (Å²) in [5.74, 6) is 0.316. The van der Waals surface area contributed by atoms with Crippen LogP contribution in [-0.2, 0) is 10.0 Å². The van der Waals surface area contributed by atoms with Crippen LogP contribution in [0.15, 0.2) is 53.4 Å². The van der Waals surface area contributed by atoms with Crippen molar-refractivity contribution in [1.29, 1.82) is 5.26 Å². The molecule has 0 fully saturated rings. The monoisotopic (exact) mass is 302 g/mol. The third-order valence-corrected chi connectivity index (χ3v) is 4.33. The average Bonchev–Trinajstić information content (AvgIpc) is 2.46. The fourth-order valence-corrected chi connectivity index (χ4v) is 3.16.